The third kappa shape index (κ3) is 3.93. The molecule has 0 radical (unpaired) electrons. The zero-order chi connectivity index (χ0) is 14.4. The van der Waals surface area contributed by atoms with E-state index in [2.05, 4.69) is 4.90 Å². The molecule has 0 aromatic rings. The number of carbonyl (C=O) groups excluding carboxylic acids is 1. The molecule has 0 atom stereocenters. The molecule has 2 fully saturated rings. The van der Waals surface area contributed by atoms with Gasteiger partial charge in [-0.2, -0.15) is 0 Å². The summed E-state index contributed by atoms with van der Waals surface area (Å²) in [5.41, 5.74) is 5.99. The molecule has 0 bridgehead atoms. The fourth-order valence-electron chi connectivity index (χ4n) is 3.23. The zero-order valence-electron chi connectivity index (χ0n) is 12.8. The van der Waals surface area contributed by atoms with Gasteiger partial charge in [0.2, 0.25) is 5.91 Å². The van der Waals surface area contributed by atoms with E-state index in [1.165, 1.54) is 6.42 Å². The third-order valence-electron chi connectivity index (χ3n) is 4.93. The van der Waals surface area contributed by atoms with Crippen LogP contribution in [0.1, 0.15) is 32.1 Å². The van der Waals surface area contributed by atoms with Crippen LogP contribution in [0.4, 0.5) is 0 Å². The summed E-state index contributed by atoms with van der Waals surface area (Å²) in [5, 5.41) is 0. The molecule has 0 spiro atoms. The van der Waals surface area contributed by atoms with Crippen molar-refractivity contribution in [3.05, 3.63) is 0 Å². The van der Waals surface area contributed by atoms with Gasteiger partial charge in [0.1, 0.15) is 0 Å². The molecule has 1 aliphatic carbocycles. The Labute approximate surface area is 122 Å². The molecule has 0 unspecified atom stereocenters. The van der Waals surface area contributed by atoms with Gasteiger partial charge in [-0.05, 0) is 37.8 Å². The van der Waals surface area contributed by atoms with Crippen LogP contribution in [0.5, 0.6) is 0 Å². The van der Waals surface area contributed by atoms with E-state index in [1.807, 2.05) is 4.90 Å². The quantitative estimate of drug-likeness (QED) is 0.779. The normalized spacial score (nSPS) is 23.2. The number of ether oxygens (including phenoxy) is 1. The Balaban J connectivity index is 1.79. The van der Waals surface area contributed by atoms with Crippen molar-refractivity contribution in [1.29, 1.82) is 0 Å². The molecular formula is C15H29N3O2. The molecule has 0 aromatic heterocycles. The SMILES string of the molecule is COCCN1CCCN(C(=O)CC2(CN)CCC2)CC1. The van der Waals surface area contributed by atoms with E-state index in [0.29, 0.717) is 18.9 Å². The van der Waals surface area contributed by atoms with Crippen molar-refractivity contribution in [1.82, 2.24) is 9.80 Å². The maximum atomic E-state index is 12.5. The van der Waals surface area contributed by atoms with Gasteiger partial charge in [-0.1, -0.05) is 6.42 Å². The summed E-state index contributed by atoms with van der Waals surface area (Å²) in [5.74, 6) is 0.309. The van der Waals surface area contributed by atoms with Crippen LogP contribution in [0.3, 0.4) is 0 Å². The lowest BCUT2D eigenvalue weighted by atomic mass is 9.66. The minimum Gasteiger partial charge on any atom is -0.383 e. The number of rotatable bonds is 6. The van der Waals surface area contributed by atoms with Crippen molar-refractivity contribution in [3.63, 3.8) is 0 Å². The van der Waals surface area contributed by atoms with Crippen LogP contribution in [0.15, 0.2) is 0 Å². The van der Waals surface area contributed by atoms with Crippen molar-refractivity contribution < 1.29 is 9.53 Å². The predicted molar refractivity (Wildman–Crippen MR) is 79.5 cm³/mol. The highest BCUT2D eigenvalue weighted by Gasteiger charge is 2.38. The summed E-state index contributed by atoms with van der Waals surface area (Å²) < 4.78 is 5.13. The summed E-state index contributed by atoms with van der Waals surface area (Å²) in [6.07, 6.45) is 5.20. The molecule has 1 amide bonds. The van der Waals surface area contributed by atoms with Gasteiger partial charge in [0.25, 0.3) is 0 Å². The number of hydrogen-bond acceptors (Lipinski definition) is 4. The van der Waals surface area contributed by atoms with E-state index in [-0.39, 0.29) is 5.41 Å². The first kappa shape index (κ1) is 15.7. The maximum absolute atomic E-state index is 12.5. The van der Waals surface area contributed by atoms with Crippen molar-refractivity contribution in [3.8, 4) is 0 Å². The Morgan fingerprint density at radius 2 is 2.00 bits per heavy atom. The van der Waals surface area contributed by atoms with Crippen molar-refractivity contribution >= 4 is 5.91 Å². The second-order valence-corrected chi connectivity index (χ2v) is 6.30. The Kier molecular flexibility index (Phi) is 5.81. The molecule has 116 valence electrons. The molecule has 0 aromatic carbocycles. The average molecular weight is 283 g/mol. The highest BCUT2D eigenvalue weighted by atomic mass is 16.5. The van der Waals surface area contributed by atoms with Crippen LogP contribution in [0.25, 0.3) is 0 Å². The zero-order valence-corrected chi connectivity index (χ0v) is 12.8. The van der Waals surface area contributed by atoms with Crippen molar-refractivity contribution in [2.75, 3.05) is 53.0 Å². The van der Waals surface area contributed by atoms with Crippen LogP contribution in [0, 0.1) is 5.41 Å². The lowest BCUT2D eigenvalue weighted by Gasteiger charge is -2.41. The Hall–Kier alpha value is -0.650. The lowest BCUT2D eigenvalue weighted by Crippen LogP contribution is -2.44. The van der Waals surface area contributed by atoms with Gasteiger partial charge in [0.05, 0.1) is 6.61 Å². The van der Waals surface area contributed by atoms with Crippen LogP contribution in [-0.4, -0.2) is 68.7 Å². The summed E-state index contributed by atoms with van der Waals surface area (Å²) in [6.45, 7) is 6.16. The van der Waals surface area contributed by atoms with Gasteiger partial charge in [0, 0.05) is 39.7 Å². The second kappa shape index (κ2) is 7.38. The number of carbonyl (C=O) groups is 1. The summed E-state index contributed by atoms with van der Waals surface area (Å²) in [7, 11) is 1.73. The second-order valence-electron chi connectivity index (χ2n) is 6.30. The lowest BCUT2D eigenvalue weighted by molar-refractivity contribution is -0.135. The standard InChI is InChI=1S/C15H29N3O2/c1-20-11-10-17-6-3-7-18(9-8-17)14(19)12-15(13-16)4-2-5-15/h2-13,16H2,1H3. The van der Waals surface area contributed by atoms with Crippen LogP contribution in [0.2, 0.25) is 0 Å². The Morgan fingerprint density at radius 3 is 2.60 bits per heavy atom. The molecule has 5 heteroatoms. The van der Waals surface area contributed by atoms with Gasteiger partial charge >= 0.3 is 0 Å². The summed E-state index contributed by atoms with van der Waals surface area (Å²) >= 11 is 0. The topological polar surface area (TPSA) is 58.8 Å². The van der Waals surface area contributed by atoms with Gasteiger partial charge in [-0.3, -0.25) is 9.69 Å². The maximum Gasteiger partial charge on any atom is 0.223 e. The molecule has 1 saturated carbocycles. The first-order chi connectivity index (χ1) is 9.69. The summed E-state index contributed by atoms with van der Waals surface area (Å²) in [6, 6.07) is 0. The highest BCUT2D eigenvalue weighted by Crippen LogP contribution is 2.43. The first-order valence-corrected chi connectivity index (χ1v) is 7.88. The van der Waals surface area contributed by atoms with E-state index < -0.39 is 0 Å². The van der Waals surface area contributed by atoms with E-state index in [9.17, 15) is 4.79 Å². The van der Waals surface area contributed by atoms with E-state index in [4.69, 9.17) is 10.5 Å². The molecular weight excluding hydrogens is 254 g/mol. The van der Waals surface area contributed by atoms with Gasteiger partial charge < -0.3 is 15.4 Å². The van der Waals surface area contributed by atoms with Crippen molar-refractivity contribution in [2.24, 2.45) is 11.1 Å². The third-order valence-corrected chi connectivity index (χ3v) is 4.93. The average Bonchev–Trinajstić information content (AvgIpc) is 2.66. The number of methoxy groups -OCH3 is 1. The van der Waals surface area contributed by atoms with Gasteiger partial charge in [-0.25, -0.2) is 0 Å². The van der Waals surface area contributed by atoms with E-state index in [0.717, 1.165) is 58.6 Å². The molecule has 1 heterocycles. The van der Waals surface area contributed by atoms with Crippen LogP contribution >= 0.6 is 0 Å². The fourth-order valence-corrected chi connectivity index (χ4v) is 3.23. The highest BCUT2D eigenvalue weighted by molar-refractivity contribution is 5.77. The number of amides is 1. The molecule has 1 saturated heterocycles. The van der Waals surface area contributed by atoms with Crippen molar-refractivity contribution in [2.45, 2.75) is 32.1 Å². The number of nitrogens with two attached hydrogens (primary N) is 1. The number of hydrogen-bond donors (Lipinski definition) is 1. The van der Waals surface area contributed by atoms with E-state index in [1.54, 1.807) is 7.11 Å². The number of nitrogens with zero attached hydrogens (tertiary/aromatic N) is 2. The minimum atomic E-state index is 0.124. The molecule has 5 nitrogen and oxygen atoms in total. The minimum absolute atomic E-state index is 0.124. The molecule has 2 aliphatic rings. The molecule has 2 N–H and O–H groups in total. The molecule has 2 rings (SSSR count). The summed E-state index contributed by atoms with van der Waals surface area (Å²) in [4.78, 5) is 16.9. The van der Waals surface area contributed by atoms with Gasteiger partial charge in [-0.15, -0.1) is 0 Å². The van der Waals surface area contributed by atoms with Crippen LogP contribution in [-0.2, 0) is 9.53 Å². The Morgan fingerprint density at radius 1 is 1.20 bits per heavy atom. The van der Waals surface area contributed by atoms with Gasteiger partial charge in [0.15, 0.2) is 0 Å². The predicted octanol–water partition coefficient (Wildman–Crippen LogP) is 0.686. The first-order valence-electron chi connectivity index (χ1n) is 7.88. The molecule has 20 heavy (non-hydrogen) atoms. The smallest absolute Gasteiger partial charge is 0.223 e. The largest absolute Gasteiger partial charge is 0.383 e. The monoisotopic (exact) mass is 283 g/mol. The van der Waals surface area contributed by atoms with Crippen LogP contribution < -0.4 is 5.73 Å². The molecule has 1 aliphatic heterocycles. The van der Waals surface area contributed by atoms with E-state index >= 15 is 0 Å². The Bertz CT molecular complexity index is 313. The fraction of sp³-hybridized carbons (Fsp3) is 0.933.